The van der Waals surface area contributed by atoms with Gasteiger partial charge in [0, 0.05) is 32.2 Å². The fourth-order valence-electron chi connectivity index (χ4n) is 3.15. The van der Waals surface area contributed by atoms with E-state index >= 15 is 0 Å². The van der Waals surface area contributed by atoms with E-state index in [4.69, 9.17) is 16.3 Å². The van der Waals surface area contributed by atoms with Crippen molar-refractivity contribution in [3.05, 3.63) is 11.4 Å². The van der Waals surface area contributed by atoms with Gasteiger partial charge in [-0.25, -0.2) is 5.84 Å². The van der Waals surface area contributed by atoms with Gasteiger partial charge in [0.1, 0.15) is 0 Å². The van der Waals surface area contributed by atoms with Crippen LogP contribution < -0.4 is 11.6 Å². The molecule has 2 rings (SSSR count). The SMILES string of the molecule is COCC1C2CC/C(N)=C(/N(C)N)CCC21. The zero-order valence-corrected chi connectivity index (χ0v) is 10.3. The molecule has 0 aromatic rings. The molecule has 4 N–H and O–H groups in total. The van der Waals surface area contributed by atoms with E-state index in [2.05, 4.69) is 0 Å². The number of ether oxygens (including phenoxy) is 1. The van der Waals surface area contributed by atoms with E-state index in [-0.39, 0.29) is 0 Å². The highest BCUT2D eigenvalue weighted by molar-refractivity contribution is 5.13. The Morgan fingerprint density at radius 1 is 1.31 bits per heavy atom. The normalized spacial score (nSPS) is 38.6. The van der Waals surface area contributed by atoms with E-state index in [0.29, 0.717) is 0 Å². The minimum Gasteiger partial charge on any atom is -0.401 e. The van der Waals surface area contributed by atoms with E-state index in [9.17, 15) is 0 Å². The van der Waals surface area contributed by atoms with Crippen molar-refractivity contribution in [1.29, 1.82) is 0 Å². The van der Waals surface area contributed by atoms with E-state index in [1.807, 2.05) is 7.05 Å². The monoisotopic (exact) mass is 225 g/mol. The summed E-state index contributed by atoms with van der Waals surface area (Å²) in [6, 6.07) is 0. The Kier molecular flexibility index (Phi) is 3.40. The number of methoxy groups -OCH3 is 1. The molecule has 0 aliphatic heterocycles. The summed E-state index contributed by atoms with van der Waals surface area (Å²) in [5, 5.41) is 1.68. The molecular formula is C12H23N3O. The second-order valence-corrected chi connectivity index (χ2v) is 5.11. The lowest BCUT2D eigenvalue weighted by Gasteiger charge is -2.21. The lowest BCUT2D eigenvalue weighted by atomic mass is 10.0. The maximum atomic E-state index is 6.08. The first-order valence-electron chi connectivity index (χ1n) is 6.10. The second kappa shape index (κ2) is 4.63. The van der Waals surface area contributed by atoms with Gasteiger partial charge in [0.2, 0.25) is 0 Å². The highest BCUT2D eigenvalue weighted by Crippen LogP contribution is 2.53. The van der Waals surface area contributed by atoms with E-state index in [0.717, 1.165) is 48.6 Å². The van der Waals surface area contributed by atoms with Crippen molar-refractivity contribution in [3.8, 4) is 0 Å². The molecule has 4 nitrogen and oxygen atoms in total. The number of hydrogen-bond acceptors (Lipinski definition) is 4. The predicted molar refractivity (Wildman–Crippen MR) is 64.0 cm³/mol. The van der Waals surface area contributed by atoms with E-state index in [1.54, 1.807) is 12.1 Å². The van der Waals surface area contributed by atoms with Crippen LogP contribution in [0.3, 0.4) is 0 Å². The molecule has 1 fully saturated rings. The van der Waals surface area contributed by atoms with Crippen molar-refractivity contribution in [1.82, 2.24) is 5.01 Å². The predicted octanol–water partition coefficient (Wildman–Crippen LogP) is 1.04. The highest BCUT2D eigenvalue weighted by atomic mass is 16.5. The minimum atomic E-state index is 0.764. The third-order valence-corrected chi connectivity index (χ3v) is 4.13. The van der Waals surface area contributed by atoms with Crippen molar-refractivity contribution in [2.24, 2.45) is 29.3 Å². The molecule has 1 saturated carbocycles. The van der Waals surface area contributed by atoms with Crippen molar-refractivity contribution in [2.75, 3.05) is 20.8 Å². The first-order chi connectivity index (χ1) is 7.65. The molecule has 3 atom stereocenters. The number of nitrogens with two attached hydrogens (primary N) is 2. The quantitative estimate of drug-likeness (QED) is 0.556. The van der Waals surface area contributed by atoms with Crippen LogP contribution >= 0.6 is 0 Å². The van der Waals surface area contributed by atoms with E-state index < -0.39 is 0 Å². The van der Waals surface area contributed by atoms with Crippen molar-refractivity contribution < 1.29 is 4.74 Å². The number of rotatable bonds is 3. The standard InChI is InChI=1S/C12H23N3O/c1-15(14)12-6-4-9-8(3-5-11(12)13)10(9)7-16-2/h8-10H,3-7,13-14H2,1-2H3/b12-11-. The summed E-state index contributed by atoms with van der Waals surface area (Å²) in [6.45, 7) is 0.906. The lowest BCUT2D eigenvalue weighted by Crippen LogP contribution is -2.28. The molecule has 0 aromatic carbocycles. The zero-order valence-electron chi connectivity index (χ0n) is 10.3. The van der Waals surface area contributed by atoms with Gasteiger partial charge in [-0.15, -0.1) is 0 Å². The largest absolute Gasteiger partial charge is 0.401 e. The maximum Gasteiger partial charge on any atom is 0.0496 e. The third kappa shape index (κ3) is 2.18. The molecular weight excluding hydrogens is 202 g/mol. The Morgan fingerprint density at radius 3 is 2.50 bits per heavy atom. The zero-order chi connectivity index (χ0) is 11.7. The molecule has 0 amide bonds. The molecule has 0 saturated heterocycles. The van der Waals surface area contributed by atoms with Crippen LogP contribution in [-0.4, -0.2) is 25.8 Å². The van der Waals surface area contributed by atoms with Crippen molar-refractivity contribution in [2.45, 2.75) is 25.7 Å². The van der Waals surface area contributed by atoms with Crippen LogP contribution in [0.2, 0.25) is 0 Å². The number of hydrazine groups is 1. The summed E-state index contributed by atoms with van der Waals surface area (Å²) in [5.41, 5.74) is 8.18. The van der Waals surface area contributed by atoms with Gasteiger partial charge in [0.15, 0.2) is 0 Å². The molecule has 0 bridgehead atoms. The molecule has 0 spiro atoms. The Balaban J connectivity index is 1.98. The van der Waals surface area contributed by atoms with Crippen LogP contribution in [0.25, 0.3) is 0 Å². The summed E-state index contributed by atoms with van der Waals surface area (Å²) in [5.74, 6) is 8.24. The molecule has 3 unspecified atom stereocenters. The van der Waals surface area contributed by atoms with Gasteiger partial charge in [-0.2, -0.15) is 0 Å². The summed E-state index contributed by atoms with van der Waals surface area (Å²) < 4.78 is 5.26. The Bertz CT molecular complexity index is 288. The van der Waals surface area contributed by atoms with Crippen molar-refractivity contribution in [3.63, 3.8) is 0 Å². The Hall–Kier alpha value is -0.740. The van der Waals surface area contributed by atoms with Crippen LogP contribution in [0.1, 0.15) is 25.7 Å². The van der Waals surface area contributed by atoms with Gasteiger partial charge in [-0.3, -0.25) is 0 Å². The molecule has 4 heteroatoms. The van der Waals surface area contributed by atoms with Gasteiger partial charge in [-0.1, -0.05) is 0 Å². The van der Waals surface area contributed by atoms with Gasteiger partial charge >= 0.3 is 0 Å². The average Bonchev–Trinajstić information content (AvgIpc) is 2.84. The first-order valence-corrected chi connectivity index (χ1v) is 6.10. The molecule has 0 aromatic heterocycles. The van der Waals surface area contributed by atoms with Gasteiger partial charge in [-0.05, 0) is 43.4 Å². The van der Waals surface area contributed by atoms with Gasteiger partial charge < -0.3 is 15.5 Å². The van der Waals surface area contributed by atoms with Gasteiger partial charge in [0.25, 0.3) is 0 Å². The van der Waals surface area contributed by atoms with Crippen molar-refractivity contribution >= 4 is 0 Å². The summed E-state index contributed by atoms with van der Waals surface area (Å²) in [6.07, 6.45) is 4.40. The highest BCUT2D eigenvalue weighted by Gasteiger charge is 2.49. The molecule has 92 valence electrons. The Morgan fingerprint density at radius 2 is 1.94 bits per heavy atom. The van der Waals surface area contributed by atoms with Crippen LogP contribution in [0.5, 0.6) is 0 Å². The van der Waals surface area contributed by atoms with Crippen LogP contribution in [-0.2, 0) is 4.74 Å². The number of allylic oxidation sites excluding steroid dienone is 2. The number of fused-ring (bicyclic) bond motifs is 1. The summed E-state index contributed by atoms with van der Waals surface area (Å²) in [4.78, 5) is 0. The minimum absolute atomic E-state index is 0.764. The molecule has 16 heavy (non-hydrogen) atoms. The lowest BCUT2D eigenvalue weighted by molar-refractivity contribution is 0.176. The Labute approximate surface area is 97.6 Å². The maximum absolute atomic E-state index is 6.08. The van der Waals surface area contributed by atoms with Crippen LogP contribution in [0.4, 0.5) is 0 Å². The van der Waals surface area contributed by atoms with Crippen LogP contribution in [0, 0.1) is 17.8 Å². The summed E-state index contributed by atoms with van der Waals surface area (Å²) >= 11 is 0. The summed E-state index contributed by atoms with van der Waals surface area (Å²) in [7, 11) is 3.67. The number of hydrogen-bond donors (Lipinski definition) is 2. The number of nitrogens with zero attached hydrogens (tertiary/aromatic N) is 1. The molecule has 2 aliphatic carbocycles. The van der Waals surface area contributed by atoms with Crippen LogP contribution in [0.15, 0.2) is 11.4 Å². The topological polar surface area (TPSA) is 64.5 Å². The molecule has 2 aliphatic rings. The first kappa shape index (κ1) is 11.7. The molecule has 0 radical (unpaired) electrons. The van der Waals surface area contributed by atoms with Gasteiger partial charge in [0.05, 0.1) is 0 Å². The van der Waals surface area contributed by atoms with E-state index in [1.165, 1.54) is 12.8 Å². The fraction of sp³-hybridized carbons (Fsp3) is 0.833. The average molecular weight is 225 g/mol. The third-order valence-electron chi connectivity index (χ3n) is 4.13. The smallest absolute Gasteiger partial charge is 0.0496 e. The fourth-order valence-corrected chi connectivity index (χ4v) is 3.15. The second-order valence-electron chi connectivity index (χ2n) is 5.11. The molecule has 0 heterocycles.